The van der Waals surface area contributed by atoms with Crippen molar-refractivity contribution in [3.8, 4) is 17.2 Å². The summed E-state index contributed by atoms with van der Waals surface area (Å²) < 4.78 is 18.6. The Balaban J connectivity index is 1.45. The van der Waals surface area contributed by atoms with E-state index in [0.29, 0.717) is 43.4 Å². The number of thiazole rings is 1. The number of rotatable bonds is 7. The molecule has 2 heterocycles. The van der Waals surface area contributed by atoms with Crippen LogP contribution in [-0.2, 0) is 4.79 Å². The SMILES string of the molecule is CCOc1ccc2nc(SC(CC)C(=O)Nc3ccc4c(c3)OCCO4)sc2c1. The summed E-state index contributed by atoms with van der Waals surface area (Å²) in [7, 11) is 0. The molecule has 6 nitrogen and oxygen atoms in total. The van der Waals surface area contributed by atoms with Crippen LogP contribution in [0.25, 0.3) is 10.2 Å². The number of anilines is 1. The molecule has 8 heteroatoms. The second kappa shape index (κ2) is 8.92. The van der Waals surface area contributed by atoms with Gasteiger partial charge in [-0.25, -0.2) is 4.98 Å². The monoisotopic (exact) mass is 430 g/mol. The van der Waals surface area contributed by atoms with Gasteiger partial charge in [-0.3, -0.25) is 4.79 Å². The van der Waals surface area contributed by atoms with E-state index < -0.39 is 0 Å². The van der Waals surface area contributed by atoms with E-state index >= 15 is 0 Å². The Labute approximate surface area is 177 Å². The van der Waals surface area contributed by atoms with E-state index in [1.807, 2.05) is 44.2 Å². The highest BCUT2D eigenvalue weighted by Gasteiger charge is 2.21. The molecule has 0 spiro atoms. The van der Waals surface area contributed by atoms with Gasteiger partial charge in [0.25, 0.3) is 0 Å². The summed E-state index contributed by atoms with van der Waals surface area (Å²) in [6, 6.07) is 11.3. The molecule has 0 saturated heterocycles. The fraction of sp³-hybridized carbons (Fsp3) is 0.333. The number of thioether (sulfide) groups is 1. The first-order valence-corrected chi connectivity index (χ1v) is 11.3. The first-order valence-electron chi connectivity index (χ1n) is 9.57. The Bertz CT molecular complexity index is 1020. The van der Waals surface area contributed by atoms with E-state index in [4.69, 9.17) is 14.2 Å². The third-order valence-corrected chi connectivity index (χ3v) is 6.84. The number of carbonyl (C=O) groups excluding carboxylic acids is 1. The number of aromatic nitrogens is 1. The van der Waals surface area contributed by atoms with Crippen molar-refractivity contribution in [2.24, 2.45) is 0 Å². The maximum atomic E-state index is 12.8. The molecule has 152 valence electrons. The van der Waals surface area contributed by atoms with Crippen molar-refractivity contribution in [2.75, 3.05) is 25.1 Å². The van der Waals surface area contributed by atoms with Crippen molar-refractivity contribution < 1.29 is 19.0 Å². The Morgan fingerprint density at radius 3 is 2.83 bits per heavy atom. The minimum Gasteiger partial charge on any atom is -0.494 e. The van der Waals surface area contributed by atoms with Gasteiger partial charge in [0.1, 0.15) is 19.0 Å². The lowest BCUT2D eigenvalue weighted by Crippen LogP contribution is -2.24. The predicted molar refractivity (Wildman–Crippen MR) is 117 cm³/mol. The van der Waals surface area contributed by atoms with Crippen molar-refractivity contribution >= 4 is 44.9 Å². The zero-order valence-electron chi connectivity index (χ0n) is 16.3. The average molecular weight is 431 g/mol. The molecule has 0 fully saturated rings. The second-order valence-electron chi connectivity index (χ2n) is 6.40. The van der Waals surface area contributed by atoms with E-state index in [1.54, 1.807) is 17.4 Å². The van der Waals surface area contributed by atoms with Gasteiger partial charge in [-0.2, -0.15) is 0 Å². The summed E-state index contributed by atoms with van der Waals surface area (Å²) in [5, 5.41) is 2.74. The van der Waals surface area contributed by atoms with Crippen LogP contribution in [0.2, 0.25) is 0 Å². The minimum atomic E-state index is -0.241. The lowest BCUT2D eigenvalue weighted by molar-refractivity contribution is -0.115. The number of ether oxygens (including phenoxy) is 3. The molecule has 3 aromatic rings. The molecule has 1 amide bonds. The van der Waals surface area contributed by atoms with Gasteiger partial charge in [-0.1, -0.05) is 18.7 Å². The first kappa shape index (κ1) is 19.8. The Morgan fingerprint density at radius 2 is 2.03 bits per heavy atom. The van der Waals surface area contributed by atoms with Crippen molar-refractivity contribution in [3.63, 3.8) is 0 Å². The highest BCUT2D eigenvalue weighted by molar-refractivity contribution is 8.02. The summed E-state index contributed by atoms with van der Waals surface area (Å²) in [6.45, 7) is 5.65. The third-order valence-electron chi connectivity index (χ3n) is 4.37. The fourth-order valence-electron chi connectivity index (χ4n) is 2.98. The normalized spacial score (nSPS) is 13.9. The number of fused-ring (bicyclic) bond motifs is 2. The van der Waals surface area contributed by atoms with Gasteiger partial charge >= 0.3 is 0 Å². The minimum absolute atomic E-state index is 0.0524. The molecule has 2 aromatic carbocycles. The highest BCUT2D eigenvalue weighted by Crippen LogP contribution is 2.36. The largest absolute Gasteiger partial charge is 0.494 e. The second-order valence-corrected chi connectivity index (χ2v) is 8.89. The molecular weight excluding hydrogens is 408 g/mol. The van der Waals surface area contributed by atoms with E-state index in [-0.39, 0.29) is 11.2 Å². The fourth-order valence-corrected chi connectivity index (χ4v) is 5.24. The lowest BCUT2D eigenvalue weighted by atomic mass is 10.2. The molecule has 1 N–H and O–H groups in total. The first-order chi connectivity index (χ1) is 14.2. The van der Waals surface area contributed by atoms with Crippen LogP contribution >= 0.6 is 23.1 Å². The van der Waals surface area contributed by atoms with Gasteiger partial charge in [-0.15, -0.1) is 11.3 Å². The van der Waals surface area contributed by atoms with Gasteiger partial charge < -0.3 is 19.5 Å². The summed E-state index contributed by atoms with van der Waals surface area (Å²) in [5.74, 6) is 2.15. The van der Waals surface area contributed by atoms with Crippen molar-refractivity contribution in [1.82, 2.24) is 4.98 Å². The Hall–Kier alpha value is -2.45. The third kappa shape index (κ3) is 4.59. The molecule has 1 unspecified atom stereocenters. The quantitative estimate of drug-likeness (QED) is 0.534. The number of hydrogen-bond donors (Lipinski definition) is 1. The maximum Gasteiger partial charge on any atom is 0.237 e. The number of nitrogens with one attached hydrogen (secondary N) is 1. The maximum absolute atomic E-state index is 12.8. The van der Waals surface area contributed by atoms with Crippen LogP contribution < -0.4 is 19.5 Å². The van der Waals surface area contributed by atoms with E-state index in [2.05, 4.69) is 10.3 Å². The van der Waals surface area contributed by atoms with E-state index in [9.17, 15) is 4.79 Å². The molecule has 0 saturated carbocycles. The molecule has 1 atom stereocenters. The van der Waals surface area contributed by atoms with Crippen LogP contribution in [0.4, 0.5) is 5.69 Å². The molecule has 29 heavy (non-hydrogen) atoms. The van der Waals surface area contributed by atoms with Gasteiger partial charge in [0.15, 0.2) is 15.8 Å². The van der Waals surface area contributed by atoms with Crippen molar-refractivity contribution in [3.05, 3.63) is 36.4 Å². The number of benzene rings is 2. The molecule has 0 aliphatic carbocycles. The lowest BCUT2D eigenvalue weighted by Gasteiger charge is -2.19. The van der Waals surface area contributed by atoms with Crippen LogP contribution in [0.1, 0.15) is 20.3 Å². The number of carbonyl (C=O) groups is 1. The van der Waals surface area contributed by atoms with Crippen LogP contribution in [0.5, 0.6) is 17.2 Å². The molecular formula is C21H22N2O4S2. The highest BCUT2D eigenvalue weighted by atomic mass is 32.2. The summed E-state index contributed by atoms with van der Waals surface area (Å²) in [4.78, 5) is 17.5. The molecule has 0 radical (unpaired) electrons. The number of nitrogens with zero attached hydrogens (tertiary/aromatic N) is 1. The zero-order valence-corrected chi connectivity index (χ0v) is 17.9. The molecule has 4 rings (SSSR count). The standard InChI is InChI=1S/C21H22N2O4S2/c1-3-18(20(24)22-13-5-8-16-17(11-13)27-10-9-26-16)28-21-23-15-7-6-14(25-4-2)12-19(15)29-21/h5-8,11-12,18H,3-4,9-10H2,1-2H3,(H,22,24). The average Bonchev–Trinajstić information content (AvgIpc) is 3.14. The smallest absolute Gasteiger partial charge is 0.237 e. The molecule has 1 aliphatic heterocycles. The van der Waals surface area contributed by atoms with Crippen molar-refractivity contribution in [1.29, 1.82) is 0 Å². The number of amides is 1. The Kier molecular flexibility index (Phi) is 6.10. The van der Waals surface area contributed by atoms with E-state index in [0.717, 1.165) is 20.3 Å². The van der Waals surface area contributed by atoms with Crippen LogP contribution in [-0.4, -0.2) is 36.0 Å². The van der Waals surface area contributed by atoms with Gasteiger partial charge in [0, 0.05) is 11.8 Å². The van der Waals surface area contributed by atoms with Crippen LogP contribution in [0, 0.1) is 0 Å². The summed E-state index contributed by atoms with van der Waals surface area (Å²) >= 11 is 3.07. The zero-order chi connectivity index (χ0) is 20.2. The topological polar surface area (TPSA) is 69.7 Å². The van der Waals surface area contributed by atoms with Gasteiger partial charge in [0.2, 0.25) is 5.91 Å². The summed E-state index contributed by atoms with van der Waals surface area (Å²) in [5.41, 5.74) is 1.62. The summed E-state index contributed by atoms with van der Waals surface area (Å²) in [6.07, 6.45) is 0.696. The van der Waals surface area contributed by atoms with Gasteiger partial charge in [0.05, 0.1) is 22.1 Å². The number of hydrogen-bond acceptors (Lipinski definition) is 7. The van der Waals surface area contributed by atoms with Crippen molar-refractivity contribution in [2.45, 2.75) is 29.9 Å². The molecule has 1 aromatic heterocycles. The Morgan fingerprint density at radius 1 is 1.21 bits per heavy atom. The van der Waals surface area contributed by atoms with Crippen LogP contribution in [0.15, 0.2) is 40.7 Å². The molecule has 0 bridgehead atoms. The van der Waals surface area contributed by atoms with E-state index in [1.165, 1.54) is 11.8 Å². The molecule has 1 aliphatic rings. The van der Waals surface area contributed by atoms with Crippen LogP contribution in [0.3, 0.4) is 0 Å². The van der Waals surface area contributed by atoms with Gasteiger partial charge in [-0.05, 0) is 43.7 Å². The predicted octanol–water partition coefficient (Wildman–Crippen LogP) is 4.98.